The van der Waals surface area contributed by atoms with E-state index >= 15 is 0 Å². The number of fused-ring (bicyclic) bond motifs is 1. The average molecular weight is 199 g/mol. The van der Waals surface area contributed by atoms with Crippen LogP contribution in [-0.4, -0.2) is 24.4 Å². The van der Waals surface area contributed by atoms with Gasteiger partial charge in [0.2, 0.25) is 0 Å². The molecule has 0 N–H and O–H groups in total. The highest BCUT2D eigenvalue weighted by Gasteiger charge is 2.02. The predicted molar refractivity (Wildman–Crippen MR) is 55.2 cm³/mol. The summed E-state index contributed by atoms with van der Waals surface area (Å²) in [6.07, 6.45) is 7.43. The van der Waals surface area contributed by atoms with E-state index in [-0.39, 0.29) is 0 Å². The summed E-state index contributed by atoms with van der Waals surface area (Å²) in [7, 11) is 1.90. The Morgan fingerprint density at radius 3 is 3.00 bits per heavy atom. The number of aryl methyl sites for hydroxylation is 1. The highest BCUT2D eigenvalue weighted by atomic mass is 15.2. The number of rotatable bonds is 1. The molecule has 0 unspecified atom stereocenters. The van der Waals surface area contributed by atoms with Crippen LogP contribution < -0.4 is 0 Å². The maximum atomic E-state index is 4.13. The fraction of sp³-hybridized carbons (Fsp3) is 0.100. The van der Waals surface area contributed by atoms with E-state index < -0.39 is 0 Å². The molecule has 5 nitrogen and oxygen atoms in total. The van der Waals surface area contributed by atoms with E-state index in [0.717, 1.165) is 16.8 Å². The molecule has 0 aliphatic carbocycles. The van der Waals surface area contributed by atoms with Crippen LogP contribution in [0.3, 0.4) is 0 Å². The topological polar surface area (TPSA) is 48.0 Å². The molecule has 15 heavy (non-hydrogen) atoms. The van der Waals surface area contributed by atoms with Crippen molar-refractivity contribution in [3.8, 4) is 11.1 Å². The number of pyridine rings is 1. The number of hydrogen-bond donors (Lipinski definition) is 0. The molecule has 0 aliphatic rings. The predicted octanol–water partition coefficient (Wildman–Crippen LogP) is 1.13. The van der Waals surface area contributed by atoms with Gasteiger partial charge >= 0.3 is 0 Å². The van der Waals surface area contributed by atoms with Gasteiger partial charge in [-0.05, 0) is 17.7 Å². The van der Waals surface area contributed by atoms with Crippen LogP contribution in [0.1, 0.15) is 0 Å². The molecular formula is C10H9N5. The molecule has 0 atom stereocenters. The van der Waals surface area contributed by atoms with Gasteiger partial charge in [0.1, 0.15) is 6.33 Å². The molecule has 3 heterocycles. The first kappa shape index (κ1) is 8.16. The highest BCUT2D eigenvalue weighted by Crippen LogP contribution is 2.18. The molecule has 0 amide bonds. The molecule has 0 bridgehead atoms. The fourth-order valence-electron chi connectivity index (χ4n) is 1.57. The monoisotopic (exact) mass is 199 g/mol. The van der Waals surface area contributed by atoms with Gasteiger partial charge < -0.3 is 0 Å². The van der Waals surface area contributed by atoms with Crippen LogP contribution in [0.4, 0.5) is 0 Å². The maximum Gasteiger partial charge on any atom is 0.161 e. The van der Waals surface area contributed by atoms with Gasteiger partial charge in [-0.2, -0.15) is 5.10 Å². The van der Waals surface area contributed by atoms with Crippen molar-refractivity contribution in [3.63, 3.8) is 0 Å². The summed E-state index contributed by atoms with van der Waals surface area (Å²) in [4.78, 5) is 0. The van der Waals surface area contributed by atoms with Crippen LogP contribution >= 0.6 is 0 Å². The quantitative estimate of drug-likeness (QED) is 0.590. The van der Waals surface area contributed by atoms with Gasteiger partial charge in [-0.15, -0.1) is 10.2 Å². The SMILES string of the molecule is Cn1cc(-c2ccn3cnnc3c2)cn1. The van der Waals surface area contributed by atoms with Crippen LogP contribution in [0.25, 0.3) is 16.8 Å². The first-order valence-corrected chi connectivity index (χ1v) is 4.61. The van der Waals surface area contributed by atoms with Crippen molar-refractivity contribution < 1.29 is 0 Å². The van der Waals surface area contributed by atoms with Crippen molar-refractivity contribution in [2.75, 3.05) is 0 Å². The molecule has 0 radical (unpaired) electrons. The Hall–Kier alpha value is -2.17. The third-order valence-electron chi connectivity index (χ3n) is 2.34. The zero-order valence-electron chi connectivity index (χ0n) is 8.20. The third-order valence-corrected chi connectivity index (χ3v) is 2.34. The fourth-order valence-corrected chi connectivity index (χ4v) is 1.57. The number of aromatic nitrogens is 5. The molecule has 0 aliphatic heterocycles. The molecule has 0 saturated carbocycles. The van der Waals surface area contributed by atoms with Crippen LogP contribution in [0.5, 0.6) is 0 Å². The summed E-state index contributed by atoms with van der Waals surface area (Å²) in [5.41, 5.74) is 3.03. The van der Waals surface area contributed by atoms with E-state index in [9.17, 15) is 0 Å². The summed E-state index contributed by atoms with van der Waals surface area (Å²) in [5.74, 6) is 0. The Morgan fingerprint density at radius 1 is 1.27 bits per heavy atom. The van der Waals surface area contributed by atoms with E-state index in [2.05, 4.69) is 15.3 Å². The van der Waals surface area contributed by atoms with Crippen molar-refractivity contribution >= 4 is 5.65 Å². The molecule has 3 aromatic rings. The molecule has 74 valence electrons. The second kappa shape index (κ2) is 2.91. The van der Waals surface area contributed by atoms with Crippen molar-refractivity contribution in [2.24, 2.45) is 7.05 Å². The minimum absolute atomic E-state index is 0.844. The van der Waals surface area contributed by atoms with Crippen molar-refractivity contribution in [3.05, 3.63) is 37.1 Å². The average Bonchev–Trinajstić information content (AvgIpc) is 2.84. The summed E-state index contributed by atoms with van der Waals surface area (Å²) < 4.78 is 3.66. The van der Waals surface area contributed by atoms with E-state index in [1.54, 1.807) is 11.0 Å². The first-order valence-electron chi connectivity index (χ1n) is 4.61. The second-order valence-electron chi connectivity index (χ2n) is 3.41. The van der Waals surface area contributed by atoms with Crippen LogP contribution in [0.15, 0.2) is 37.1 Å². The molecule has 0 spiro atoms. The van der Waals surface area contributed by atoms with Crippen LogP contribution in [-0.2, 0) is 7.05 Å². The van der Waals surface area contributed by atoms with E-state index in [4.69, 9.17) is 0 Å². The minimum Gasteiger partial charge on any atom is -0.289 e. The summed E-state index contributed by atoms with van der Waals surface area (Å²) in [6, 6.07) is 4.01. The van der Waals surface area contributed by atoms with Gasteiger partial charge in [0.25, 0.3) is 0 Å². The van der Waals surface area contributed by atoms with Gasteiger partial charge in [-0.25, -0.2) is 0 Å². The number of hydrogen-bond acceptors (Lipinski definition) is 3. The molecule has 0 fully saturated rings. The van der Waals surface area contributed by atoms with E-state index in [0.29, 0.717) is 0 Å². The minimum atomic E-state index is 0.844. The smallest absolute Gasteiger partial charge is 0.161 e. The molecule has 0 aromatic carbocycles. The summed E-state index contributed by atoms with van der Waals surface area (Å²) in [5, 5.41) is 12.0. The molecule has 5 heteroatoms. The number of nitrogens with zero attached hydrogens (tertiary/aromatic N) is 5. The molecule has 3 aromatic heterocycles. The Morgan fingerprint density at radius 2 is 2.20 bits per heavy atom. The zero-order valence-corrected chi connectivity index (χ0v) is 8.20. The first-order chi connectivity index (χ1) is 7.33. The molecule has 0 saturated heterocycles. The van der Waals surface area contributed by atoms with Crippen LogP contribution in [0.2, 0.25) is 0 Å². The lowest BCUT2D eigenvalue weighted by Gasteiger charge is -1.97. The third kappa shape index (κ3) is 1.28. The standard InChI is InChI=1S/C10H9N5/c1-14-6-9(5-12-14)8-2-3-15-7-11-13-10(15)4-8/h2-7H,1H3. The summed E-state index contributed by atoms with van der Waals surface area (Å²) >= 11 is 0. The Kier molecular flexibility index (Phi) is 1.58. The molecular weight excluding hydrogens is 190 g/mol. The van der Waals surface area contributed by atoms with Crippen molar-refractivity contribution in [2.45, 2.75) is 0 Å². The van der Waals surface area contributed by atoms with Gasteiger partial charge in [0.05, 0.1) is 6.20 Å². The molecule has 3 rings (SSSR count). The lowest BCUT2D eigenvalue weighted by Crippen LogP contribution is -1.85. The largest absolute Gasteiger partial charge is 0.289 e. The van der Waals surface area contributed by atoms with Crippen molar-refractivity contribution in [1.29, 1.82) is 0 Å². The Balaban J connectivity index is 2.18. The van der Waals surface area contributed by atoms with Gasteiger partial charge in [-0.1, -0.05) is 0 Å². The van der Waals surface area contributed by atoms with Gasteiger partial charge in [-0.3, -0.25) is 9.08 Å². The zero-order chi connectivity index (χ0) is 10.3. The van der Waals surface area contributed by atoms with Crippen molar-refractivity contribution in [1.82, 2.24) is 24.4 Å². The van der Waals surface area contributed by atoms with Crippen LogP contribution in [0, 0.1) is 0 Å². The van der Waals surface area contributed by atoms with Gasteiger partial charge in [0, 0.05) is 25.0 Å². The van der Waals surface area contributed by atoms with Gasteiger partial charge in [0.15, 0.2) is 5.65 Å². The van der Waals surface area contributed by atoms with E-state index in [1.165, 1.54) is 0 Å². The Bertz CT molecular complexity index is 607. The summed E-state index contributed by atoms with van der Waals surface area (Å²) in [6.45, 7) is 0. The highest BCUT2D eigenvalue weighted by molar-refractivity contribution is 5.65. The Labute approximate surface area is 86.0 Å². The van der Waals surface area contributed by atoms with E-state index in [1.807, 2.05) is 42.2 Å². The lowest BCUT2D eigenvalue weighted by atomic mass is 10.1. The lowest BCUT2D eigenvalue weighted by molar-refractivity contribution is 0.768. The normalized spacial score (nSPS) is 11.0. The second-order valence-corrected chi connectivity index (χ2v) is 3.41. The maximum absolute atomic E-state index is 4.13.